The van der Waals surface area contributed by atoms with Crippen LogP contribution >= 0.6 is 0 Å². The summed E-state index contributed by atoms with van der Waals surface area (Å²) < 4.78 is 12.1. The number of hydrogen-bond donors (Lipinski definition) is 0. The molecule has 1 rings (SSSR count). The fourth-order valence-corrected chi connectivity index (χ4v) is 0.903. The highest BCUT2D eigenvalue weighted by molar-refractivity contribution is 4.71. The summed E-state index contributed by atoms with van der Waals surface area (Å²) in [6, 6.07) is 0. The third-order valence-electron chi connectivity index (χ3n) is 1.35. The standard InChI is InChI=1S/C5H8FO/c6-5(7)3-1-2-4-5/h1-4H2. The van der Waals surface area contributed by atoms with Crippen molar-refractivity contribution < 1.29 is 9.50 Å². The minimum absolute atomic E-state index is 0.229. The van der Waals surface area contributed by atoms with Crippen LogP contribution in [0.3, 0.4) is 0 Å². The summed E-state index contributed by atoms with van der Waals surface area (Å²) in [5.41, 5.74) is 0. The monoisotopic (exact) mass is 103 g/mol. The smallest absolute Gasteiger partial charge is 0.209 e. The van der Waals surface area contributed by atoms with Crippen LogP contribution in [0.4, 0.5) is 4.39 Å². The van der Waals surface area contributed by atoms with Gasteiger partial charge in [-0.25, -0.2) is 4.39 Å². The first-order valence-electron chi connectivity index (χ1n) is 2.60. The average Bonchev–Trinajstić information content (AvgIpc) is 1.84. The Hall–Kier alpha value is -0.110. The number of halogens is 1. The summed E-state index contributed by atoms with van der Waals surface area (Å²) in [7, 11) is 0. The van der Waals surface area contributed by atoms with E-state index in [1.165, 1.54) is 0 Å². The molecular formula is C5H8FO. The minimum atomic E-state index is -2.06. The SMILES string of the molecule is [O]C1(F)CCCC1. The fourth-order valence-electron chi connectivity index (χ4n) is 0.903. The molecule has 0 atom stereocenters. The Labute approximate surface area is 42.2 Å². The topological polar surface area (TPSA) is 19.9 Å². The minimum Gasteiger partial charge on any atom is -0.209 e. The van der Waals surface area contributed by atoms with E-state index in [0.29, 0.717) is 0 Å². The molecule has 7 heavy (non-hydrogen) atoms. The van der Waals surface area contributed by atoms with Crippen LogP contribution in [-0.2, 0) is 5.11 Å². The summed E-state index contributed by atoms with van der Waals surface area (Å²) in [6.45, 7) is 0. The maximum absolute atomic E-state index is 12.1. The van der Waals surface area contributed by atoms with Gasteiger partial charge in [-0.1, -0.05) is 0 Å². The molecule has 1 radical (unpaired) electrons. The van der Waals surface area contributed by atoms with Gasteiger partial charge in [-0.05, 0) is 12.8 Å². The van der Waals surface area contributed by atoms with Crippen LogP contribution in [0.5, 0.6) is 0 Å². The molecule has 1 nitrogen and oxygen atoms in total. The predicted octanol–water partition coefficient (Wildman–Crippen LogP) is 1.66. The van der Waals surface area contributed by atoms with Gasteiger partial charge in [0, 0.05) is 12.8 Å². The lowest BCUT2D eigenvalue weighted by atomic mass is 10.3. The zero-order valence-electron chi connectivity index (χ0n) is 4.11. The lowest BCUT2D eigenvalue weighted by Gasteiger charge is -2.03. The van der Waals surface area contributed by atoms with E-state index in [-0.39, 0.29) is 12.8 Å². The van der Waals surface area contributed by atoms with E-state index in [9.17, 15) is 9.50 Å². The van der Waals surface area contributed by atoms with Crippen LogP contribution in [0.2, 0.25) is 0 Å². The highest BCUT2D eigenvalue weighted by atomic mass is 19.2. The molecule has 0 aliphatic heterocycles. The van der Waals surface area contributed by atoms with E-state index >= 15 is 0 Å². The first-order valence-corrected chi connectivity index (χ1v) is 2.60. The van der Waals surface area contributed by atoms with Crippen molar-refractivity contribution in [2.24, 2.45) is 0 Å². The molecule has 0 aromatic heterocycles. The number of alkyl halides is 1. The molecule has 1 aliphatic carbocycles. The van der Waals surface area contributed by atoms with Gasteiger partial charge in [0.15, 0.2) is 0 Å². The number of hydrogen-bond acceptors (Lipinski definition) is 0. The van der Waals surface area contributed by atoms with E-state index in [1.54, 1.807) is 0 Å². The summed E-state index contributed by atoms with van der Waals surface area (Å²) in [6.07, 6.45) is 2.01. The van der Waals surface area contributed by atoms with E-state index in [2.05, 4.69) is 0 Å². The Morgan fingerprint density at radius 1 is 1.29 bits per heavy atom. The third kappa shape index (κ3) is 1.13. The second kappa shape index (κ2) is 1.44. The molecule has 0 bridgehead atoms. The maximum Gasteiger partial charge on any atom is 0.241 e. The zero-order valence-corrected chi connectivity index (χ0v) is 4.11. The van der Waals surface area contributed by atoms with Crippen molar-refractivity contribution in [3.8, 4) is 0 Å². The molecule has 0 heterocycles. The largest absolute Gasteiger partial charge is 0.241 e. The van der Waals surface area contributed by atoms with Crippen molar-refractivity contribution in [1.82, 2.24) is 0 Å². The quantitative estimate of drug-likeness (QED) is 0.444. The van der Waals surface area contributed by atoms with Crippen molar-refractivity contribution in [2.75, 3.05) is 0 Å². The van der Waals surface area contributed by atoms with Crippen LogP contribution in [0.15, 0.2) is 0 Å². The molecule has 0 unspecified atom stereocenters. The van der Waals surface area contributed by atoms with Gasteiger partial charge in [-0.15, -0.1) is 0 Å². The van der Waals surface area contributed by atoms with Crippen LogP contribution in [0, 0.1) is 0 Å². The van der Waals surface area contributed by atoms with Gasteiger partial charge >= 0.3 is 0 Å². The first-order chi connectivity index (χ1) is 3.21. The molecule has 1 aliphatic rings. The van der Waals surface area contributed by atoms with Crippen molar-refractivity contribution in [1.29, 1.82) is 0 Å². The van der Waals surface area contributed by atoms with Crippen LogP contribution in [-0.4, -0.2) is 5.85 Å². The molecule has 0 aromatic rings. The molecule has 0 N–H and O–H groups in total. The molecule has 0 saturated heterocycles. The van der Waals surface area contributed by atoms with E-state index in [0.717, 1.165) is 12.8 Å². The molecule has 0 aromatic carbocycles. The van der Waals surface area contributed by atoms with Crippen molar-refractivity contribution in [3.05, 3.63) is 0 Å². The van der Waals surface area contributed by atoms with Gasteiger partial charge in [0.2, 0.25) is 5.85 Å². The Morgan fingerprint density at radius 3 is 1.86 bits per heavy atom. The Kier molecular flexibility index (Phi) is 1.04. The van der Waals surface area contributed by atoms with Gasteiger partial charge in [-0.2, -0.15) is 5.11 Å². The highest BCUT2D eigenvalue weighted by Crippen LogP contribution is 2.30. The molecule has 41 valence electrons. The van der Waals surface area contributed by atoms with E-state index in [4.69, 9.17) is 0 Å². The summed E-state index contributed by atoms with van der Waals surface area (Å²) in [4.78, 5) is 0. The third-order valence-corrected chi connectivity index (χ3v) is 1.35. The fraction of sp³-hybridized carbons (Fsp3) is 1.00. The van der Waals surface area contributed by atoms with Crippen LogP contribution in [0.1, 0.15) is 25.7 Å². The number of rotatable bonds is 0. The molecule has 0 amide bonds. The molecule has 1 fully saturated rings. The zero-order chi connectivity index (χ0) is 5.33. The molecule has 1 saturated carbocycles. The second-order valence-corrected chi connectivity index (χ2v) is 2.09. The normalized spacial score (nSPS) is 28.3. The van der Waals surface area contributed by atoms with E-state index < -0.39 is 5.85 Å². The van der Waals surface area contributed by atoms with Crippen LogP contribution in [0.25, 0.3) is 0 Å². The lowest BCUT2D eigenvalue weighted by Crippen LogP contribution is -2.12. The molecular weight excluding hydrogens is 95.1 g/mol. The van der Waals surface area contributed by atoms with Gasteiger partial charge in [0.1, 0.15) is 0 Å². The van der Waals surface area contributed by atoms with Crippen LogP contribution < -0.4 is 0 Å². The first kappa shape index (κ1) is 5.04. The lowest BCUT2D eigenvalue weighted by molar-refractivity contribution is -0.134. The molecule has 0 spiro atoms. The Bertz CT molecular complexity index is 62.5. The highest BCUT2D eigenvalue weighted by Gasteiger charge is 2.32. The van der Waals surface area contributed by atoms with Gasteiger partial charge in [0.05, 0.1) is 0 Å². The van der Waals surface area contributed by atoms with Crippen molar-refractivity contribution in [3.63, 3.8) is 0 Å². The van der Waals surface area contributed by atoms with E-state index in [1.807, 2.05) is 0 Å². The average molecular weight is 103 g/mol. The Balaban J connectivity index is 2.40. The molecule has 2 heteroatoms. The predicted molar refractivity (Wildman–Crippen MR) is 23.0 cm³/mol. The van der Waals surface area contributed by atoms with Crippen molar-refractivity contribution in [2.45, 2.75) is 31.5 Å². The second-order valence-electron chi connectivity index (χ2n) is 2.09. The summed E-state index contributed by atoms with van der Waals surface area (Å²) in [5, 5.41) is 10.2. The van der Waals surface area contributed by atoms with Gasteiger partial charge in [0.25, 0.3) is 0 Å². The van der Waals surface area contributed by atoms with Crippen molar-refractivity contribution >= 4 is 0 Å². The Morgan fingerprint density at radius 2 is 1.71 bits per heavy atom. The summed E-state index contributed by atoms with van der Waals surface area (Å²) >= 11 is 0. The summed E-state index contributed by atoms with van der Waals surface area (Å²) in [5.74, 6) is -2.06. The van der Waals surface area contributed by atoms with Gasteiger partial charge < -0.3 is 0 Å². The van der Waals surface area contributed by atoms with Gasteiger partial charge in [-0.3, -0.25) is 0 Å². The maximum atomic E-state index is 12.1.